The van der Waals surface area contributed by atoms with Crippen molar-refractivity contribution in [2.45, 2.75) is 57.7 Å². The van der Waals surface area contributed by atoms with Gasteiger partial charge in [0.25, 0.3) is 0 Å². The molecule has 1 fully saturated rings. The zero-order valence-corrected chi connectivity index (χ0v) is 12.0. The molecule has 6 nitrogen and oxygen atoms in total. The highest BCUT2D eigenvalue weighted by Gasteiger charge is 2.34. The molecule has 0 bridgehead atoms. The average Bonchev–Trinajstić information content (AvgIpc) is 2.39. The summed E-state index contributed by atoms with van der Waals surface area (Å²) in [5.74, 6) is -0.345. The number of carbonyl (C=O) groups excluding carboxylic acids is 1. The molecule has 0 spiro atoms. The minimum atomic E-state index is -0.809. The number of unbranched alkanes of at least 4 members (excludes halogenated alkanes) is 1. The van der Waals surface area contributed by atoms with Gasteiger partial charge in [-0.15, -0.1) is 0 Å². The summed E-state index contributed by atoms with van der Waals surface area (Å²) >= 11 is 0. The normalized spacial score (nSPS) is 30.6. The van der Waals surface area contributed by atoms with Gasteiger partial charge >= 0.3 is 5.97 Å². The lowest BCUT2D eigenvalue weighted by molar-refractivity contribution is -0.260. The summed E-state index contributed by atoms with van der Waals surface area (Å²) in [4.78, 5) is 11.0. The first-order chi connectivity index (χ1) is 9.54. The third kappa shape index (κ3) is 6.00. The van der Waals surface area contributed by atoms with Crippen molar-refractivity contribution >= 4 is 5.97 Å². The van der Waals surface area contributed by atoms with Crippen LogP contribution >= 0.6 is 0 Å². The van der Waals surface area contributed by atoms with Crippen LogP contribution in [0.15, 0.2) is 12.2 Å². The number of aliphatic hydroxyl groups is 2. The molecule has 1 saturated heterocycles. The minimum absolute atomic E-state index is 0.259. The predicted octanol–water partition coefficient (Wildman–Crippen LogP) is 0.759. The standard InChI is InChI=1S/C14H24O6/c1-3-18-13(17)7-5-4-6-8-19-14-12(16)9-11(15)10(2)20-14/h5,7,10-12,14-16H,3-4,6,8-9H2,1-2H3/b7-5+/t10-,11?,12+,14?/m0/s1. The number of carbonyl (C=O) groups is 1. The summed E-state index contributed by atoms with van der Waals surface area (Å²) in [6.07, 6.45) is 2.27. The van der Waals surface area contributed by atoms with Gasteiger partial charge in [0.05, 0.1) is 25.4 Å². The van der Waals surface area contributed by atoms with Crippen molar-refractivity contribution in [3.63, 3.8) is 0 Å². The van der Waals surface area contributed by atoms with Crippen LogP contribution in [-0.4, -0.2) is 54.0 Å². The minimum Gasteiger partial charge on any atom is -0.463 e. The molecule has 4 atom stereocenters. The molecule has 0 aromatic rings. The summed E-state index contributed by atoms with van der Waals surface area (Å²) < 4.78 is 15.6. The van der Waals surface area contributed by atoms with Crippen LogP contribution in [-0.2, 0) is 19.0 Å². The highest BCUT2D eigenvalue weighted by atomic mass is 16.7. The molecule has 6 heteroatoms. The Kier molecular flexibility index (Phi) is 7.76. The molecule has 20 heavy (non-hydrogen) atoms. The van der Waals surface area contributed by atoms with Crippen molar-refractivity contribution in [1.82, 2.24) is 0 Å². The van der Waals surface area contributed by atoms with Gasteiger partial charge in [-0.2, -0.15) is 0 Å². The van der Waals surface area contributed by atoms with E-state index in [4.69, 9.17) is 14.2 Å². The lowest BCUT2D eigenvalue weighted by Gasteiger charge is -2.35. The second-order valence-electron chi connectivity index (χ2n) is 4.75. The highest BCUT2D eigenvalue weighted by Crippen LogP contribution is 2.21. The first-order valence-corrected chi connectivity index (χ1v) is 7.01. The van der Waals surface area contributed by atoms with Crippen LogP contribution in [0.25, 0.3) is 0 Å². The topological polar surface area (TPSA) is 85.2 Å². The van der Waals surface area contributed by atoms with Crippen LogP contribution in [0, 0.1) is 0 Å². The number of esters is 1. The van der Waals surface area contributed by atoms with E-state index < -0.39 is 18.5 Å². The fourth-order valence-electron chi connectivity index (χ4n) is 1.86. The Hall–Kier alpha value is -0.950. The Morgan fingerprint density at radius 1 is 1.40 bits per heavy atom. The molecule has 0 aromatic carbocycles. The maximum atomic E-state index is 11.0. The number of aliphatic hydroxyl groups excluding tert-OH is 2. The Morgan fingerprint density at radius 2 is 2.15 bits per heavy atom. The van der Waals surface area contributed by atoms with E-state index in [1.807, 2.05) is 0 Å². The van der Waals surface area contributed by atoms with Crippen molar-refractivity contribution in [3.8, 4) is 0 Å². The monoisotopic (exact) mass is 288 g/mol. The van der Waals surface area contributed by atoms with Crippen LogP contribution in [0.5, 0.6) is 0 Å². The molecule has 0 aliphatic carbocycles. The van der Waals surface area contributed by atoms with Gasteiger partial charge in [0.15, 0.2) is 6.29 Å². The second kappa shape index (κ2) is 9.07. The van der Waals surface area contributed by atoms with Gasteiger partial charge in [-0.25, -0.2) is 4.79 Å². The molecule has 2 unspecified atom stereocenters. The average molecular weight is 288 g/mol. The van der Waals surface area contributed by atoms with E-state index in [1.54, 1.807) is 19.9 Å². The SMILES string of the molecule is CCOC(=O)/C=C/CCCOC1O[C@@H](C)C(O)C[C@H]1O. The third-order valence-electron chi connectivity index (χ3n) is 3.03. The molecule has 0 amide bonds. The third-order valence-corrected chi connectivity index (χ3v) is 3.03. The van der Waals surface area contributed by atoms with Crippen molar-refractivity contribution in [1.29, 1.82) is 0 Å². The van der Waals surface area contributed by atoms with Crippen LogP contribution in [0.1, 0.15) is 33.1 Å². The zero-order chi connectivity index (χ0) is 15.0. The molecule has 1 aliphatic rings. The predicted molar refractivity (Wildman–Crippen MR) is 71.9 cm³/mol. The summed E-state index contributed by atoms with van der Waals surface area (Å²) in [5.41, 5.74) is 0. The molecule has 0 aromatic heterocycles. The molecule has 1 heterocycles. The highest BCUT2D eigenvalue weighted by molar-refractivity contribution is 5.81. The maximum Gasteiger partial charge on any atom is 0.330 e. The quantitative estimate of drug-likeness (QED) is 0.409. The van der Waals surface area contributed by atoms with Crippen LogP contribution in [0.3, 0.4) is 0 Å². The summed E-state index contributed by atoms with van der Waals surface area (Å²) in [5, 5.41) is 19.2. The Labute approximate surface area is 119 Å². The number of hydrogen-bond donors (Lipinski definition) is 2. The number of ether oxygens (including phenoxy) is 3. The lowest BCUT2D eigenvalue weighted by atomic mass is 10.0. The van der Waals surface area contributed by atoms with E-state index in [1.165, 1.54) is 6.08 Å². The van der Waals surface area contributed by atoms with Crippen LogP contribution in [0.2, 0.25) is 0 Å². The van der Waals surface area contributed by atoms with Gasteiger partial charge < -0.3 is 24.4 Å². The Balaban J connectivity index is 2.13. The number of rotatable bonds is 7. The number of allylic oxidation sites excluding steroid dienone is 1. The van der Waals surface area contributed by atoms with Crippen molar-refractivity contribution in [2.75, 3.05) is 13.2 Å². The molecule has 1 aliphatic heterocycles. The fraction of sp³-hybridized carbons (Fsp3) is 0.786. The summed E-state index contributed by atoms with van der Waals surface area (Å²) in [7, 11) is 0. The summed E-state index contributed by atoms with van der Waals surface area (Å²) in [6, 6.07) is 0. The Morgan fingerprint density at radius 3 is 2.85 bits per heavy atom. The molecular weight excluding hydrogens is 264 g/mol. The van der Waals surface area contributed by atoms with Crippen molar-refractivity contribution < 1.29 is 29.2 Å². The van der Waals surface area contributed by atoms with E-state index in [0.29, 0.717) is 26.1 Å². The van der Waals surface area contributed by atoms with E-state index in [9.17, 15) is 15.0 Å². The van der Waals surface area contributed by atoms with E-state index in [2.05, 4.69) is 0 Å². The van der Waals surface area contributed by atoms with Crippen LogP contribution in [0.4, 0.5) is 0 Å². The molecule has 116 valence electrons. The van der Waals surface area contributed by atoms with Gasteiger partial charge in [0, 0.05) is 12.5 Å². The van der Waals surface area contributed by atoms with Gasteiger partial charge in [0.1, 0.15) is 6.10 Å². The van der Waals surface area contributed by atoms with Crippen molar-refractivity contribution in [2.24, 2.45) is 0 Å². The first kappa shape index (κ1) is 17.1. The van der Waals surface area contributed by atoms with E-state index >= 15 is 0 Å². The molecule has 2 N–H and O–H groups in total. The van der Waals surface area contributed by atoms with E-state index in [-0.39, 0.29) is 18.5 Å². The van der Waals surface area contributed by atoms with Crippen molar-refractivity contribution in [3.05, 3.63) is 12.2 Å². The largest absolute Gasteiger partial charge is 0.463 e. The Bertz CT molecular complexity index is 317. The van der Waals surface area contributed by atoms with Gasteiger partial charge in [-0.1, -0.05) is 6.08 Å². The van der Waals surface area contributed by atoms with Gasteiger partial charge in [-0.3, -0.25) is 0 Å². The molecular formula is C14H24O6. The zero-order valence-electron chi connectivity index (χ0n) is 12.0. The number of hydrogen-bond acceptors (Lipinski definition) is 6. The molecule has 0 saturated carbocycles. The lowest BCUT2D eigenvalue weighted by Crippen LogP contribution is -2.47. The van der Waals surface area contributed by atoms with Gasteiger partial charge in [0.2, 0.25) is 0 Å². The first-order valence-electron chi connectivity index (χ1n) is 7.01. The smallest absolute Gasteiger partial charge is 0.330 e. The second-order valence-corrected chi connectivity index (χ2v) is 4.75. The fourth-order valence-corrected chi connectivity index (χ4v) is 1.86. The maximum absolute atomic E-state index is 11.0. The van der Waals surface area contributed by atoms with E-state index in [0.717, 1.165) is 0 Å². The van der Waals surface area contributed by atoms with Crippen LogP contribution < -0.4 is 0 Å². The molecule has 0 radical (unpaired) electrons. The summed E-state index contributed by atoms with van der Waals surface area (Å²) in [6.45, 7) is 4.28. The molecule has 1 rings (SSSR count). The van der Waals surface area contributed by atoms with Gasteiger partial charge in [-0.05, 0) is 26.7 Å².